The standard InChI is InChI=1S/C20H20Br2N2O2/c21-15-5-7-19(25)13(9-15)11-23-17-3-1-2-4-18(17)24-12-14-10-16(22)6-8-20(14)26/h5-12,17-18,25-26H,1-4H2/p-2. The van der Waals surface area contributed by atoms with Gasteiger partial charge >= 0.3 is 0 Å². The van der Waals surface area contributed by atoms with E-state index in [0.717, 1.165) is 34.6 Å². The quantitative estimate of drug-likeness (QED) is 0.619. The SMILES string of the molecule is [O-]c1ccc(Br)cc1C=NC1CCCCC1N=Cc1cc(Br)ccc1[O-]. The first-order valence-electron chi connectivity index (χ1n) is 8.52. The fourth-order valence-corrected chi connectivity index (χ4v) is 3.79. The largest absolute Gasteiger partial charge is 0.872 e. The molecule has 0 saturated heterocycles. The van der Waals surface area contributed by atoms with Gasteiger partial charge < -0.3 is 10.2 Å². The minimum Gasteiger partial charge on any atom is -0.872 e. The van der Waals surface area contributed by atoms with Gasteiger partial charge in [0.1, 0.15) is 0 Å². The lowest BCUT2D eigenvalue weighted by Crippen LogP contribution is -2.27. The third-order valence-electron chi connectivity index (χ3n) is 4.45. The van der Waals surface area contributed by atoms with E-state index in [-0.39, 0.29) is 23.6 Å². The van der Waals surface area contributed by atoms with Gasteiger partial charge in [-0.1, -0.05) is 68.3 Å². The number of hydrogen-bond donors (Lipinski definition) is 0. The Labute approximate surface area is 170 Å². The highest BCUT2D eigenvalue weighted by atomic mass is 79.9. The molecule has 0 aromatic heterocycles. The van der Waals surface area contributed by atoms with Gasteiger partial charge in [0.15, 0.2) is 0 Å². The summed E-state index contributed by atoms with van der Waals surface area (Å²) in [5.41, 5.74) is 1.14. The summed E-state index contributed by atoms with van der Waals surface area (Å²) in [4.78, 5) is 9.28. The molecular weight excluding hydrogens is 460 g/mol. The molecule has 0 bridgehead atoms. The van der Waals surface area contributed by atoms with Gasteiger partial charge in [-0.05, 0) is 48.2 Å². The second-order valence-electron chi connectivity index (χ2n) is 6.34. The fraction of sp³-hybridized carbons (Fsp3) is 0.300. The van der Waals surface area contributed by atoms with Gasteiger partial charge in [0.25, 0.3) is 0 Å². The zero-order valence-electron chi connectivity index (χ0n) is 14.1. The predicted octanol–water partition coefficient (Wildman–Crippen LogP) is 4.21. The molecule has 2 unspecified atom stereocenters. The lowest BCUT2D eigenvalue weighted by atomic mass is 9.91. The fourth-order valence-electron chi connectivity index (χ4n) is 3.03. The Morgan fingerprint density at radius 2 is 1.19 bits per heavy atom. The van der Waals surface area contributed by atoms with Crippen molar-refractivity contribution in [3.05, 3.63) is 56.5 Å². The molecule has 0 spiro atoms. The van der Waals surface area contributed by atoms with Crippen molar-refractivity contribution < 1.29 is 10.2 Å². The highest BCUT2D eigenvalue weighted by molar-refractivity contribution is 9.10. The van der Waals surface area contributed by atoms with Crippen molar-refractivity contribution in [2.45, 2.75) is 37.8 Å². The summed E-state index contributed by atoms with van der Waals surface area (Å²) >= 11 is 6.76. The first-order chi connectivity index (χ1) is 12.5. The first kappa shape index (κ1) is 19.1. The lowest BCUT2D eigenvalue weighted by Gasteiger charge is -2.26. The molecule has 6 heteroatoms. The maximum absolute atomic E-state index is 11.9. The van der Waals surface area contributed by atoms with Gasteiger partial charge in [-0.3, -0.25) is 9.98 Å². The minimum atomic E-state index is -0.0436. The Hall–Kier alpha value is -1.66. The molecule has 0 aliphatic heterocycles. The first-order valence-corrected chi connectivity index (χ1v) is 10.1. The maximum Gasteiger partial charge on any atom is 0.0723 e. The average Bonchev–Trinajstić information content (AvgIpc) is 2.64. The van der Waals surface area contributed by atoms with E-state index in [9.17, 15) is 10.2 Å². The molecule has 0 amide bonds. The molecule has 1 aliphatic rings. The number of hydrogen-bond acceptors (Lipinski definition) is 4. The van der Waals surface area contributed by atoms with Gasteiger partial charge in [0, 0.05) is 21.4 Å². The molecule has 0 radical (unpaired) electrons. The summed E-state index contributed by atoms with van der Waals surface area (Å²) < 4.78 is 1.71. The zero-order chi connectivity index (χ0) is 18.5. The summed E-state index contributed by atoms with van der Waals surface area (Å²) in [6, 6.07) is 10.1. The van der Waals surface area contributed by atoms with E-state index in [4.69, 9.17) is 0 Å². The molecule has 1 saturated carbocycles. The highest BCUT2D eigenvalue weighted by Crippen LogP contribution is 2.26. The Morgan fingerprint density at radius 1 is 0.769 bits per heavy atom. The number of nitrogens with zero attached hydrogens (tertiary/aromatic N) is 2. The van der Waals surface area contributed by atoms with Gasteiger partial charge in [0.05, 0.1) is 12.1 Å². The van der Waals surface area contributed by atoms with Crippen LogP contribution in [0.2, 0.25) is 0 Å². The minimum absolute atomic E-state index is 0.0284. The molecule has 1 aliphatic carbocycles. The Kier molecular flexibility index (Phi) is 6.48. The molecule has 136 valence electrons. The van der Waals surface area contributed by atoms with Crippen molar-refractivity contribution in [1.29, 1.82) is 0 Å². The van der Waals surface area contributed by atoms with Crippen molar-refractivity contribution in [2.75, 3.05) is 0 Å². The summed E-state index contributed by atoms with van der Waals surface area (Å²) in [6.45, 7) is 0. The molecule has 26 heavy (non-hydrogen) atoms. The lowest BCUT2D eigenvalue weighted by molar-refractivity contribution is -0.269. The van der Waals surface area contributed by atoms with Crippen LogP contribution in [0.15, 0.2) is 55.3 Å². The van der Waals surface area contributed by atoms with Gasteiger partial charge in [-0.15, -0.1) is 0 Å². The van der Waals surface area contributed by atoms with Crippen molar-refractivity contribution >= 4 is 44.3 Å². The molecule has 2 aromatic rings. The van der Waals surface area contributed by atoms with Crippen LogP contribution in [0, 0.1) is 0 Å². The summed E-state index contributed by atoms with van der Waals surface area (Å²) in [5.74, 6) is -0.0871. The van der Waals surface area contributed by atoms with E-state index in [2.05, 4.69) is 41.8 Å². The molecule has 0 heterocycles. The number of aliphatic imine (C=N–C) groups is 2. The Balaban J connectivity index is 1.77. The number of halogens is 2. The van der Waals surface area contributed by atoms with Crippen LogP contribution in [0.1, 0.15) is 36.8 Å². The van der Waals surface area contributed by atoms with E-state index in [0.29, 0.717) is 11.1 Å². The third kappa shape index (κ3) is 4.95. The maximum atomic E-state index is 11.9. The topological polar surface area (TPSA) is 70.8 Å². The Morgan fingerprint density at radius 3 is 1.62 bits per heavy atom. The molecule has 4 nitrogen and oxygen atoms in total. The van der Waals surface area contributed by atoms with Crippen LogP contribution < -0.4 is 10.2 Å². The number of rotatable bonds is 4. The van der Waals surface area contributed by atoms with Crippen LogP contribution in [0.3, 0.4) is 0 Å². The van der Waals surface area contributed by atoms with Gasteiger partial charge in [0.2, 0.25) is 0 Å². The van der Waals surface area contributed by atoms with E-state index in [1.807, 2.05) is 0 Å². The summed E-state index contributed by atoms with van der Waals surface area (Å²) in [6.07, 6.45) is 7.38. The molecule has 2 atom stereocenters. The van der Waals surface area contributed by atoms with Crippen LogP contribution in [-0.2, 0) is 0 Å². The van der Waals surface area contributed by atoms with Crippen LogP contribution in [0.25, 0.3) is 0 Å². The van der Waals surface area contributed by atoms with Gasteiger partial charge in [-0.2, -0.15) is 0 Å². The Bertz CT molecular complexity index is 767. The molecule has 2 aromatic carbocycles. The van der Waals surface area contributed by atoms with Gasteiger partial charge in [-0.25, -0.2) is 0 Å². The third-order valence-corrected chi connectivity index (χ3v) is 5.43. The predicted molar refractivity (Wildman–Crippen MR) is 108 cm³/mol. The van der Waals surface area contributed by atoms with E-state index in [1.54, 1.807) is 36.7 Å². The van der Waals surface area contributed by atoms with Crippen molar-refractivity contribution in [3.8, 4) is 11.5 Å². The second kappa shape index (κ2) is 8.82. The zero-order valence-corrected chi connectivity index (χ0v) is 17.2. The van der Waals surface area contributed by atoms with Crippen molar-refractivity contribution in [1.82, 2.24) is 0 Å². The second-order valence-corrected chi connectivity index (χ2v) is 8.17. The average molecular weight is 478 g/mol. The molecule has 3 rings (SSSR count). The highest BCUT2D eigenvalue weighted by Gasteiger charge is 2.23. The molecule has 0 N–H and O–H groups in total. The van der Waals surface area contributed by atoms with E-state index < -0.39 is 0 Å². The van der Waals surface area contributed by atoms with Crippen molar-refractivity contribution in [3.63, 3.8) is 0 Å². The summed E-state index contributed by atoms with van der Waals surface area (Å²) in [5, 5.41) is 23.8. The van der Waals surface area contributed by atoms with Crippen LogP contribution in [0.5, 0.6) is 11.5 Å². The van der Waals surface area contributed by atoms with Crippen LogP contribution in [0.4, 0.5) is 0 Å². The van der Waals surface area contributed by atoms with E-state index >= 15 is 0 Å². The van der Waals surface area contributed by atoms with Crippen LogP contribution in [-0.4, -0.2) is 24.5 Å². The van der Waals surface area contributed by atoms with Crippen molar-refractivity contribution in [2.24, 2.45) is 9.98 Å². The summed E-state index contributed by atoms with van der Waals surface area (Å²) in [7, 11) is 0. The monoisotopic (exact) mass is 476 g/mol. The normalized spacial score (nSPS) is 20.8. The van der Waals surface area contributed by atoms with E-state index in [1.165, 1.54) is 12.1 Å². The number of benzene rings is 2. The molecule has 1 fully saturated rings. The molecular formula is C20H18Br2N2O2-2. The smallest absolute Gasteiger partial charge is 0.0723 e. The van der Waals surface area contributed by atoms with Crippen LogP contribution >= 0.6 is 31.9 Å².